The van der Waals surface area contributed by atoms with Crippen molar-refractivity contribution in [2.45, 2.75) is 6.92 Å². The molecule has 0 aliphatic carbocycles. The lowest BCUT2D eigenvalue weighted by Gasteiger charge is -2.08. The lowest BCUT2D eigenvalue weighted by Crippen LogP contribution is -2.14. The molecule has 0 fully saturated rings. The van der Waals surface area contributed by atoms with E-state index in [-0.39, 0.29) is 5.91 Å². The van der Waals surface area contributed by atoms with Gasteiger partial charge < -0.3 is 11.1 Å². The number of nitrogen functional groups attached to an aromatic ring is 1. The number of nitrogens with one attached hydrogen (secondary N) is 1. The molecule has 5 heteroatoms. The summed E-state index contributed by atoms with van der Waals surface area (Å²) in [7, 11) is 0. The van der Waals surface area contributed by atoms with Gasteiger partial charge in [-0.15, -0.1) is 0 Å². The molecule has 3 N–H and O–H groups in total. The summed E-state index contributed by atoms with van der Waals surface area (Å²) in [5.41, 5.74) is 8.18. The average Bonchev–Trinajstić information content (AvgIpc) is 2.35. The topological polar surface area (TPSA) is 68.0 Å². The fraction of sp³-hybridized carbons (Fsp3) is 0.0769. The van der Waals surface area contributed by atoms with E-state index in [1.807, 2.05) is 25.1 Å². The van der Waals surface area contributed by atoms with Crippen LogP contribution in [0.5, 0.6) is 0 Å². The van der Waals surface area contributed by atoms with Crippen molar-refractivity contribution in [3.05, 3.63) is 52.3 Å². The Morgan fingerprint density at radius 3 is 2.89 bits per heavy atom. The van der Waals surface area contributed by atoms with Crippen molar-refractivity contribution in [2.24, 2.45) is 0 Å². The molecule has 0 aliphatic heterocycles. The van der Waals surface area contributed by atoms with Crippen LogP contribution < -0.4 is 11.1 Å². The van der Waals surface area contributed by atoms with Gasteiger partial charge in [0.2, 0.25) is 0 Å². The van der Waals surface area contributed by atoms with Gasteiger partial charge in [0, 0.05) is 16.4 Å². The number of rotatable bonds is 2. The number of nitrogens with zero attached hydrogens (tertiary/aromatic N) is 1. The van der Waals surface area contributed by atoms with Gasteiger partial charge in [0.25, 0.3) is 5.91 Å². The van der Waals surface area contributed by atoms with E-state index in [1.54, 1.807) is 12.1 Å². The highest BCUT2D eigenvalue weighted by atomic mass is 79.9. The van der Waals surface area contributed by atoms with Crippen molar-refractivity contribution in [3.8, 4) is 0 Å². The smallest absolute Gasteiger partial charge is 0.274 e. The Kier molecular flexibility index (Phi) is 3.62. The van der Waals surface area contributed by atoms with Gasteiger partial charge in [0.1, 0.15) is 5.69 Å². The Bertz CT molecular complexity index is 599. The quantitative estimate of drug-likeness (QED) is 0.896. The third-order valence-electron chi connectivity index (χ3n) is 2.46. The van der Waals surface area contributed by atoms with Crippen molar-refractivity contribution in [3.63, 3.8) is 0 Å². The zero-order chi connectivity index (χ0) is 13.1. The Morgan fingerprint density at radius 1 is 1.39 bits per heavy atom. The Labute approximate surface area is 113 Å². The number of aromatic nitrogens is 1. The summed E-state index contributed by atoms with van der Waals surface area (Å²) < 4.78 is 0.863. The molecule has 0 radical (unpaired) electrons. The van der Waals surface area contributed by atoms with Gasteiger partial charge in [-0.1, -0.05) is 12.1 Å². The summed E-state index contributed by atoms with van der Waals surface area (Å²) in [5.74, 6) is -0.284. The molecule has 92 valence electrons. The van der Waals surface area contributed by atoms with Gasteiger partial charge in [0.15, 0.2) is 0 Å². The zero-order valence-corrected chi connectivity index (χ0v) is 11.4. The summed E-state index contributed by atoms with van der Waals surface area (Å²) in [6.07, 6.45) is 1.51. The molecular formula is C13H12BrN3O. The molecule has 0 atom stereocenters. The fourth-order valence-corrected chi connectivity index (χ4v) is 1.86. The second-order valence-corrected chi connectivity index (χ2v) is 4.66. The molecule has 1 heterocycles. The maximum atomic E-state index is 12.0. The second kappa shape index (κ2) is 5.18. The first-order chi connectivity index (χ1) is 8.58. The first-order valence-corrected chi connectivity index (χ1v) is 6.15. The summed E-state index contributed by atoms with van der Waals surface area (Å²) in [6, 6.07) is 8.83. The number of carbonyl (C=O) groups is 1. The number of aryl methyl sites for hydroxylation is 1. The largest absolute Gasteiger partial charge is 0.399 e. The normalized spacial score (nSPS) is 10.1. The summed E-state index contributed by atoms with van der Waals surface area (Å²) in [6.45, 7) is 1.96. The van der Waals surface area contributed by atoms with E-state index >= 15 is 0 Å². The molecule has 0 aliphatic rings. The van der Waals surface area contributed by atoms with E-state index in [0.29, 0.717) is 17.1 Å². The Balaban J connectivity index is 2.24. The third-order valence-corrected chi connectivity index (χ3v) is 3.51. The monoisotopic (exact) mass is 305 g/mol. The maximum absolute atomic E-state index is 12.0. The predicted octanol–water partition coefficient (Wildman–Crippen LogP) is 2.99. The van der Waals surface area contributed by atoms with Gasteiger partial charge in [-0.3, -0.25) is 9.78 Å². The van der Waals surface area contributed by atoms with E-state index in [4.69, 9.17) is 5.73 Å². The molecule has 1 aromatic heterocycles. The molecular weight excluding hydrogens is 294 g/mol. The number of amides is 1. The van der Waals surface area contributed by atoms with Gasteiger partial charge >= 0.3 is 0 Å². The van der Waals surface area contributed by atoms with Crippen molar-refractivity contribution in [1.29, 1.82) is 0 Å². The van der Waals surface area contributed by atoms with Crippen LogP contribution in [0.25, 0.3) is 0 Å². The summed E-state index contributed by atoms with van der Waals surface area (Å²) >= 11 is 3.44. The van der Waals surface area contributed by atoms with Crippen LogP contribution in [0.1, 0.15) is 16.1 Å². The molecule has 0 saturated heterocycles. The van der Waals surface area contributed by atoms with Crippen LogP contribution in [0.2, 0.25) is 0 Å². The van der Waals surface area contributed by atoms with Crippen LogP contribution in [0.15, 0.2) is 41.0 Å². The summed E-state index contributed by atoms with van der Waals surface area (Å²) in [5, 5.41) is 2.79. The molecule has 0 bridgehead atoms. The standard InChI is InChI=1S/C13H12BrN3O/c1-8-3-2-4-10(12(8)14)17-13(18)11-7-9(15)5-6-16-11/h2-7H,1H3,(H2,15,16)(H,17,18). The first kappa shape index (κ1) is 12.6. The SMILES string of the molecule is Cc1cccc(NC(=O)c2cc(N)ccn2)c1Br. The fourth-order valence-electron chi connectivity index (χ4n) is 1.50. The molecule has 0 spiro atoms. The number of hydrogen-bond acceptors (Lipinski definition) is 3. The number of benzene rings is 1. The number of carbonyl (C=O) groups excluding carboxylic acids is 1. The van der Waals surface area contributed by atoms with Crippen LogP contribution in [-0.4, -0.2) is 10.9 Å². The zero-order valence-electron chi connectivity index (χ0n) is 9.77. The third kappa shape index (κ3) is 2.68. The van der Waals surface area contributed by atoms with Crippen LogP contribution in [0.3, 0.4) is 0 Å². The van der Waals surface area contributed by atoms with E-state index < -0.39 is 0 Å². The van der Waals surface area contributed by atoms with E-state index in [2.05, 4.69) is 26.2 Å². The highest BCUT2D eigenvalue weighted by Gasteiger charge is 2.10. The molecule has 0 unspecified atom stereocenters. The predicted molar refractivity (Wildman–Crippen MR) is 75.5 cm³/mol. The van der Waals surface area contributed by atoms with Gasteiger partial charge in [-0.05, 0) is 46.6 Å². The number of halogens is 1. The lowest BCUT2D eigenvalue weighted by molar-refractivity contribution is 0.102. The van der Waals surface area contributed by atoms with Crippen molar-refractivity contribution < 1.29 is 4.79 Å². The average molecular weight is 306 g/mol. The number of anilines is 2. The van der Waals surface area contributed by atoms with Crippen molar-refractivity contribution >= 4 is 33.2 Å². The minimum atomic E-state index is -0.284. The number of pyridine rings is 1. The van der Waals surface area contributed by atoms with Crippen molar-refractivity contribution in [2.75, 3.05) is 11.1 Å². The highest BCUT2D eigenvalue weighted by molar-refractivity contribution is 9.10. The minimum absolute atomic E-state index is 0.284. The minimum Gasteiger partial charge on any atom is -0.399 e. The summed E-state index contributed by atoms with van der Waals surface area (Å²) in [4.78, 5) is 16.0. The molecule has 2 rings (SSSR count). The Morgan fingerprint density at radius 2 is 2.17 bits per heavy atom. The molecule has 1 aromatic carbocycles. The van der Waals surface area contributed by atoms with Gasteiger partial charge in [0.05, 0.1) is 5.69 Å². The van der Waals surface area contributed by atoms with Crippen LogP contribution in [0, 0.1) is 6.92 Å². The highest BCUT2D eigenvalue weighted by Crippen LogP contribution is 2.26. The lowest BCUT2D eigenvalue weighted by atomic mass is 10.2. The number of nitrogens with two attached hydrogens (primary N) is 1. The van der Waals surface area contributed by atoms with Crippen LogP contribution in [-0.2, 0) is 0 Å². The Hall–Kier alpha value is -1.88. The van der Waals surface area contributed by atoms with Gasteiger partial charge in [-0.25, -0.2) is 0 Å². The van der Waals surface area contributed by atoms with Gasteiger partial charge in [-0.2, -0.15) is 0 Å². The van der Waals surface area contributed by atoms with E-state index in [0.717, 1.165) is 10.0 Å². The number of hydrogen-bond donors (Lipinski definition) is 2. The van der Waals surface area contributed by atoms with Crippen molar-refractivity contribution in [1.82, 2.24) is 4.98 Å². The van der Waals surface area contributed by atoms with Crippen LogP contribution in [0.4, 0.5) is 11.4 Å². The second-order valence-electron chi connectivity index (χ2n) is 3.86. The maximum Gasteiger partial charge on any atom is 0.274 e. The molecule has 0 saturated carbocycles. The molecule has 18 heavy (non-hydrogen) atoms. The first-order valence-electron chi connectivity index (χ1n) is 5.36. The molecule has 4 nitrogen and oxygen atoms in total. The van der Waals surface area contributed by atoms with E-state index in [1.165, 1.54) is 6.20 Å². The molecule has 2 aromatic rings. The van der Waals surface area contributed by atoms with Crippen LogP contribution >= 0.6 is 15.9 Å². The van der Waals surface area contributed by atoms with E-state index in [9.17, 15) is 4.79 Å². The molecule has 1 amide bonds.